The zero-order chi connectivity index (χ0) is 12.0. The molecule has 3 heteroatoms. The van der Waals surface area contributed by atoms with E-state index < -0.39 is 0 Å². The van der Waals surface area contributed by atoms with Crippen LogP contribution in [0.4, 0.5) is 0 Å². The van der Waals surface area contributed by atoms with Gasteiger partial charge in [0, 0.05) is 17.0 Å². The van der Waals surface area contributed by atoms with E-state index in [2.05, 4.69) is 51.6 Å². The molecule has 2 aromatic heterocycles. The van der Waals surface area contributed by atoms with Crippen LogP contribution in [0, 0.1) is 27.7 Å². The minimum Gasteiger partial charge on any atom is -0.233 e. The van der Waals surface area contributed by atoms with Crippen molar-refractivity contribution in [3.05, 3.63) is 28.2 Å². The van der Waals surface area contributed by atoms with Crippen LogP contribution < -0.4 is 0 Å². The maximum absolute atomic E-state index is 4.68. The highest BCUT2D eigenvalue weighted by Gasteiger charge is 2.16. The van der Waals surface area contributed by atoms with E-state index in [1.165, 1.54) is 16.8 Å². The second kappa shape index (κ2) is 3.58. The highest BCUT2D eigenvalue weighted by molar-refractivity contribution is 5.54. The summed E-state index contributed by atoms with van der Waals surface area (Å²) in [5, 5.41) is 4.59. The summed E-state index contributed by atoms with van der Waals surface area (Å²) in [6.07, 6.45) is 0. The summed E-state index contributed by atoms with van der Waals surface area (Å²) in [4.78, 5) is 4.68. The highest BCUT2D eigenvalue weighted by atomic mass is 15.3. The summed E-state index contributed by atoms with van der Waals surface area (Å²) >= 11 is 0. The predicted molar refractivity (Wildman–Crippen MR) is 66.0 cm³/mol. The fourth-order valence-electron chi connectivity index (χ4n) is 2.21. The lowest BCUT2D eigenvalue weighted by molar-refractivity contribution is 0.856. The Bertz CT molecular complexity index is 550. The van der Waals surface area contributed by atoms with E-state index in [-0.39, 0.29) is 0 Å². The van der Waals surface area contributed by atoms with Crippen LogP contribution in [0.3, 0.4) is 0 Å². The van der Waals surface area contributed by atoms with Gasteiger partial charge in [-0.2, -0.15) is 5.10 Å². The van der Waals surface area contributed by atoms with E-state index in [1.807, 2.05) is 4.52 Å². The Hall–Kier alpha value is -1.38. The third-order valence-corrected chi connectivity index (χ3v) is 3.34. The van der Waals surface area contributed by atoms with Crippen LogP contribution in [0.5, 0.6) is 0 Å². The molecule has 2 rings (SSSR count). The monoisotopic (exact) mass is 217 g/mol. The molecule has 0 atom stereocenters. The first-order chi connectivity index (χ1) is 7.43. The van der Waals surface area contributed by atoms with Crippen molar-refractivity contribution in [2.24, 2.45) is 0 Å². The molecule has 0 aliphatic carbocycles. The molecule has 0 amide bonds. The van der Waals surface area contributed by atoms with E-state index in [1.54, 1.807) is 0 Å². The van der Waals surface area contributed by atoms with Crippen molar-refractivity contribution < 1.29 is 0 Å². The lowest BCUT2D eigenvalue weighted by atomic mass is 10.0. The van der Waals surface area contributed by atoms with E-state index in [9.17, 15) is 0 Å². The minimum absolute atomic E-state index is 0.464. The first kappa shape index (κ1) is 11.1. The van der Waals surface area contributed by atoms with Crippen LogP contribution in [-0.2, 0) is 0 Å². The van der Waals surface area contributed by atoms with E-state index in [0.717, 1.165) is 17.0 Å². The molecule has 0 radical (unpaired) electrons. The molecule has 0 spiro atoms. The molecule has 0 bridgehead atoms. The van der Waals surface area contributed by atoms with Crippen molar-refractivity contribution >= 4 is 5.65 Å². The molecule has 2 heterocycles. The van der Waals surface area contributed by atoms with Crippen LogP contribution in [-0.4, -0.2) is 14.6 Å². The third kappa shape index (κ3) is 1.42. The van der Waals surface area contributed by atoms with Crippen molar-refractivity contribution in [2.75, 3.05) is 0 Å². The number of nitrogens with zero attached hydrogens (tertiary/aromatic N) is 3. The van der Waals surface area contributed by atoms with Gasteiger partial charge in [-0.1, -0.05) is 13.8 Å². The van der Waals surface area contributed by atoms with Crippen LogP contribution >= 0.6 is 0 Å². The maximum atomic E-state index is 4.68. The van der Waals surface area contributed by atoms with Gasteiger partial charge in [0.15, 0.2) is 5.65 Å². The number of aromatic nitrogens is 3. The SMILES string of the molecule is Cc1nc2c(C(C)C)c(C)nn2c(C)c1C. The molecular weight excluding hydrogens is 198 g/mol. The van der Waals surface area contributed by atoms with E-state index in [0.29, 0.717) is 5.92 Å². The average Bonchev–Trinajstić information content (AvgIpc) is 2.51. The number of hydrogen-bond donors (Lipinski definition) is 0. The lowest BCUT2D eigenvalue weighted by Gasteiger charge is -2.08. The van der Waals surface area contributed by atoms with Gasteiger partial charge < -0.3 is 0 Å². The lowest BCUT2D eigenvalue weighted by Crippen LogP contribution is -2.02. The first-order valence-electron chi connectivity index (χ1n) is 5.76. The first-order valence-corrected chi connectivity index (χ1v) is 5.76. The Labute approximate surface area is 96.5 Å². The van der Waals surface area contributed by atoms with E-state index in [4.69, 9.17) is 0 Å². The van der Waals surface area contributed by atoms with Crippen molar-refractivity contribution in [2.45, 2.75) is 47.5 Å². The van der Waals surface area contributed by atoms with E-state index >= 15 is 0 Å². The number of hydrogen-bond acceptors (Lipinski definition) is 2. The normalized spacial score (nSPS) is 11.7. The second-order valence-corrected chi connectivity index (χ2v) is 4.80. The Kier molecular flexibility index (Phi) is 2.49. The zero-order valence-corrected chi connectivity index (χ0v) is 10.9. The van der Waals surface area contributed by atoms with Crippen molar-refractivity contribution in [3.63, 3.8) is 0 Å². The van der Waals surface area contributed by atoms with Crippen molar-refractivity contribution in [1.82, 2.24) is 14.6 Å². The molecular formula is C13H19N3. The largest absolute Gasteiger partial charge is 0.233 e. The highest BCUT2D eigenvalue weighted by Crippen LogP contribution is 2.25. The molecule has 0 aromatic carbocycles. The maximum Gasteiger partial charge on any atom is 0.159 e. The Morgan fingerprint density at radius 2 is 1.62 bits per heavy atom. The van der Waals surface area contributed by atoms with Crippen molar-refractivity contribution in [1.29, 1.82) is 0 Å². The van der Waals surface area contributed by atoms with Gasteiger partial charge in [-0.15, -0.1) is 0 Å². The van der Waals surface area contributed by atoms with Gasteiger partial charge in [0.05, 0.1) is 5.69 Å². The molecule has 2 aromatic rings. The molecule has 86 valence electrons. The van der Waals surface area contributed by atoms with Gasteiger partial charge in [0.25, 0.3) is 0 Å². The minimum atomic E-state index is 0.464. The van der Waals surface area contributed by atoms with Crippen LogP contribution in [0.25, 0.3) is 5.65 Å². The Balaban J connectivity index is 2.91. The van der Waals surface area contributed by atoms with Gasteiger partial charge in [-0.05, 0) is 39.2 Å². The molecule has 0 saturated carbocycles. The zero-order valence-electron chi connectivity index (χ0n) is 10.9. The molecule has 0 N–H and O–H groups in total. The molecule has 0 unspecified atom stereocenters. The van der Waals surface area contributed by atoms with Gasteiger partial charge >= 0.3 is 0 Å². The van der Waals surface area contributed by atoms with Crippen LogP contribution in [0.15, 0.2) is 0 Å². The van der Waals surface area contributed by atoms with Gasteiger partial charge in [0.1, 0.15) is 0 Å². The van der Waals surface area contributed by atoms with Gasteiger partial charge in [-0.3, -0.25) is 0 Å². The number of rotatable bonds is 1. The summed E-state index contributed by atoms with van der Waals surface area (Å²) in [6.45, 7) is 12.7. The smallest absolute Gasteiger partial charge is 0.159 e. The molecule has 16 heavy (non-hydrogen) atoms. The standard InChI is InChI=1S/C13H19N3/c1-7(2)12-10(5)15-16-11(6)8(3)9(4)14-13(12)16/h7H,1-6H3. The number of aryl methyl sites for hydroxylation is 3. The summed E-state index contributed by atoms with van der Waals surface area (Å²) in [5.74, 6) is 0.464. The topological polar surface area (TPSA) is 30.2 Å². The summed E-state index contributed by atoms with van der Waals surface area (Å²) < 4.78 is 1.98. The van der Waals surface area contributed by atoms with Crippen molar-refractivity contribution in [3.8, 4) is 0 Å². The fourth-order valence-corrected chi connectivity index (χ4v) is 2.21. The molecule has 0 fully saturated rings. The van der Waals surface area contributed by atoms with Crippen LogP contribution in [0.2, 0.25) is 0 Å². The average molecular weight is 217 g/mol. The third-order valence-electron chi connectivity index (χ3n) is 3.34. The van der Waals surface area contributed by atoms with Gasteiger partial charge in [0.2, 0.25) is 0 Å². The quantitative estimate of drug-likeness (QED) is 0.734. The summed E-state index contributed by atoms with van der Waals surface area (Å²) in [6, 6.07) is 0. The molecule has 0 saturated heterocycles. The fraction of sp³-hybridized carbons (Fsp3) is 0.538. The summed E-state index contributed by atoms with van der Waals surface area (Å²) in [5.41, 5.74) is 6.91. The van der Waals surface area contributed by atoms with Crippen LogP contribution in [0.1, 0.15) is 48.0 Å². The van der Waals surface area contributed by atoms with Gasteiger partial charge in [-0.25, -0.2) is 9.50 Å². The Morgan fingerprint density at radius 1 is 1.00 bits per heavy atom. The second-order valence-electron chi connectivity index (χ2n) is 4.80. The Morgan fingerprint density at radius 3 is 2.19 bits per heavy atom. The molecule has 0 aliphatic heterocycles. The predicted octanol–water partition coefficient (Wildman–Crippen LogP) is 3.09. The number of fused-ring (bicyclic) bond motifs is 1. The molecule has 3 nitrogen and oxygen atoms in total. The molecule has 0 aliphatic rings. The summed E-state index contributed by atoms with van der Waals surface area (Å²) in [7, 11) is 0.